The lowest BCUT2D eigenvalue weighted by Crippen LogP contribution is -2.24. The number of carbonyl (C=O) groups is 1. The van der Waals surface area contributed by atoms with Gasteiger partial charge < -0.3 is 14.8 Å². The van der Waals surface area contributed by atoms with E-state index in [0.29, 0.717) is 29.3 Å². The number of benzene rings is 2. The molecule has 146 valence electrons. The van der Waals surface area contributed by atoms with Crippen LogP contribution in [-0.4, -0.2) is 35.1 Å². The van der Waals surface area contributed by atoms with Gasteiger partial charge in [-0.25, -0.2) is 13.1 Å². The first-order valence-electron chi connectivity index (χ1n) is 8.53. The van der Waals surface area contributed by atoms with Crippen LogP contribution in [0.25, 0.3) is 0 Å². The van der Waals surface area contributed by atoms with Gasteiger partial charge in [-0.15, -0.1) is 0 Å². The van der Waals surface area contributed by atoms with Crippen LogP contribution in [0.3, 0.4) is 0 Å². The fraction of sp³-hybridized carbons (Fsp3) is 0.316. The van der Waals surface area contributed by atoms with Crippen molar-refractivity contribution in [2.24, 2.45) is 0 Å². The smallest absolute Gasteiger partial charge is 0.255 e. The molecule has 2 aromatic carbocycles. The number of carbonyl (C=O) groups excluding carboxylic acids is 1. The number of methoxy groups -OCH3 is 2. The van der Waals surface area contributed by atoms with E-state index in [1.54, 1.807) is 30.3 Å². The number of anilines is 1. The third-order valence-corrected chi connectivity index (χ3v) is 5.34. The normalized spacial score (nSPS) is 11.1. The molecule has 0 radical (unpaired) electrons. The number of ether oxygens (including phenoxy) is 2. The number of unbranched alkanes of at least 4 members (excludes halogenated alkanes) is 1. The third-order valence-electron chi connectivity index (χ3n) is 3.86. The molecule has 8 heteroatoms. The predicted octanol–water partition coefficient (Wildman–Crippen LogP) is 3.03. The van der Waals surface area contributed by atoms with E-state index in [-0.39, 0.29) is 10.8 Å². The molecule has 0 bridgehead atoms. The molecule has 0 aliphatic rings. The first-order valence-corrected chi connectivity index (χ1v) is 10.0. The average Bonchev–Trinajstić information content (AvgIpc) is 2.68. The molecular formula is C19H24N2O5S. The topological polar surface area (TPSA) is 93.7 Å². The monoisotopic (exact) mass is 392 g/mol. The van der Waals surface area contributed by atoms with Crippen LogP contribution in [-0.2, 0) is 10.0 Å². The van der Waals surface area contributed by atoms with Crippen molar-refractivity contribution in [3.63, 3.8) is 0 Å². The zero-order valence-corrected chi connectivity index (χ0v) is 16.4. The SMILES string of the molecule is CCCCNS(=O)(=O)c1ccc(NC(=O)c2cc(OC)cc(OC)c2)cc1. The molecule has 2 rings (SSSR count). The minimum Gasteiger partial charge on any atom is -0.497 e. The molecule has 27 heavy (non-hydrogen) atoms. The van der Waals surface area contributed by atoms with Crippen LogP contribution in [0.2, 0.25) is 0 Å². The Bertz CT molecular complexity index is 857. The van der Waals surface area contributed by atoms with Crippen LogP contribution in [0.4, 0.5) is 5.69 Å². The minimum absolute atomic E-state index is 0.152. The van der Waals surface area contributed by atoms with Crippen LogP contribution in [0.5, 0.6) is 11.5 Å². The second-order valence-corrected chi connectivity index (χ2v) is 7.60. The zero-order chi connectivity index (χ0) is 19.9. The summed E-state index contributed by atoms with van der Waals surface area (Å²) in [5.74, 6) is 0.641. The first-order chi connectivity index (χ1) is 12.9. The fourth-order valence-electron chi connectivity index (χ4n) is 2.33. The van der Waals surface area contributed by atoms with Gasteiger partial charge in [0.1, 0.15) is 11.5 Å². The Kier molecular flexibility index (Phi) is 7.20. The van der Waals surface area contributed by atoms with Crippen molar-refractivity contribution in [3.8, 4) is 11.5 Å². The second kappa shape index (κ2) is 9.38. The maximum Gasteiger partial charge on any atom is 0.255 e. The van der Waals surface area contributed by atoms with E-state index in [9.17, 15) is 13.2 Å². The van der Waals surface area contributed by atoms with Gasteiger partial charge in [0.25, 0.3) is 5.91 Å². The van der Waals surface area contributed by atoms with Gasteiger partial charge in [0, 0.05) is 23.9 Å². The number of hydrogen-bond donors (Lipinski definition) is 2. The Morgan fingerprint density at radius 1 is 1.00 bits per heavy atom. The van der Waals surface area contributed by atoms with E-state index in [4.69, 9.17) is 9.47 Å². The van der Waals surface area contributed by atoms with Crippen LogP contribution < -0.4 is 19.5 Å². The van der Waals surface area contributed by atoms with Crippen molar-refractivity contribution in [2.75, 3.05) is 26.1 Å². The summed E-state index contributed by atoms with van der Waals surface area (Å²) in [6, 6.07) is 10.9. The highest BCUT2D eigenvalue weighted by Crippen LogP contribution is 2.23. The average molecular weight is 392 g/mol. The number of nitrogens with one attached hydrogen (secondary N) is 2. The van der Waals surface area contributed by atoms with Gasteiger partial charge in [0.05, 0.1) is 19.1 Å². The Morgan fingerprint density at radius 3 is 2.11 bits per heavy atom. The summed E-state index contributed by atoms with van der Waals surface area (Å²) in [7, 11) is -0.535. The van der Waals surface area contributed by atoms with Gasteiger partial charge in [-0.3, -0.25) is 4.79 Å². The van der Waals surface area contributed by atoms with E-state index in [1.807, 2.05) is 6.92 Å². The molecule has 0 unspecified atom stereocenters. The van der Waals surface area contributed by atoms with Crippen LogP contribution >= 0.6 is 0 Å². The standard InChI is InChI=1S/C19H24N2O5S/c1-4-5-10-20-27(23,24)18-8-6-15(7-9-18)21-19(22)14-11-16(25-2)13-17(12-14)26-3/h6-9,11-13,20H,4-5,10H2,1-3H3,(H,21,22). The molecular weight excluding hydrogens is 368 g/mol. The maximum atomic E-state index is 12.5. The van der Waals surface area contributed by atoms with Gasteiger partial charge in [-0.05, 0) is 42.8 Å². The van der Waals surface area contributed by atoms with E-state index in [1.165, 1.54) is 26.4 Å². The molecule has 7 nitrogen and oxygen atoms in total. The highest BCUT2D eigenvalue weighted by atomic mass is 32.2. The summed E-state index contributed by atoms with van der Waals surface area (Å²) in [5, 5.41) is 2.73. The van der Waals surface area contributed by atoms with Crippen molar-refractivity contribution < 1.29 is 22.7 Å². The molecule has 2 N–H and O–H groups in total. The van der Waals surface area contributed by atoms with Crippen LogP contribution in [0, 0.1) is 0 Å². The van der Waals surface area contributed by atoms with Crippen LogP contribution in [0.15, 0.2) is 47.4 Å². The van der Waals surface area contributed by atoms with E-state index in [0.717, 1.165) is 12.8 Å². The first kappa shape index (κ1) is 20.7. The van der Waals surface area contributed by atoms with Gasteiger partial charge >= 0.3 is 0 Å². The largest absolute Gasteiger partial charge is 0.497 e. The zero-order valence-electron chi connectivity index (χ0n) is 15.6. The van der Waals surface area contributed by atoms with E-state index >= 15 is 0 Å². The molecule has 0 spiro atoms. The predicted molar refractivity (Wildman–Crippen MR) is 104 cm³/mol. The summed E-state index contributed by atoms with van der Waals surface area (Å²) < 4.78 is 37.2. The number of rotatable bonds is 9. The third kappa shape index (κ3) is 5.70. The van der Waals surface area contributed by atoms with Gasteiger partial charge in [0.2, 0.25) is 10.0 Å². The second-order valence-electron chi connectivity index (χ2n) is 5.83. The minimum atomic E-state index is -3.54. The summed E-state index contributed by atoms with van der Waals surface area (Å²) in [6.45, 7) is 2.39. The molecule has 0 fully saturated rings. The molecule has 0 aromatic heterocycles. The van der Waals surface area contributed by atoms with Crippen molar-refractivity contribution in [1.29, 1.82) is 0 Å². The maximum absolute atomic E-state index is 12.5. The molecule has 0 aliphatic carbocycles. The van der Waals surface area contributed by atoms with Gasteiger partial charge in [0.15, 0.2) is 0 Å². The molecule has 0 heterocycles. The van der Waals surface area contributed by atoms with Crippen molar-refractivity contribution in [2.45, 2.75) is 24.7 Å². The molecule has 0 atom stereocenters. The molecule has 0 aliphatic heterocycles. The summed E-state index contributed by atoms with van der Waals surface area (Å²) >= 11 is 0. The van der Waals surface area contributed by atoms with E-state index < -0.39 is 10.0 Å². The Balaban J connectivity index is 2.11. The van der Waals surface area contributed by atoms with Gasteiger partial charge in [-0.1, -0.05) is 13.3 Å². The highest BCUT2D eigenvalue weighted by molar-refractivity contribution is 7.89. The van der Waals surface area contributed by atoms with Crippen molar-refractivity contribution in [1.82, 2.24) is 4.72 Å². The highest BCUT2D eigenvalue weighted by Gasteiger charge is 2.14. The molecule has 0 saturated heterocycles. The quantitative estimate of drug-likeness (QED) is 0.640. The molecule has 2 aromatic rings. The Morgan fingerprint density at radius 2 is 1.59 bits per heavy atom. The Hall–Kier alpha value is -2.58. The lowest BCUT2D eigenvalue weighted by molar-refractivity contribution is 0.102. The molecule has 0 saturated carbocycles. The summed E-state index contributed by atoms with van der Waals surface area (Å²) in [5.41, 5.74) is 0.846. The fourth-order valence-corrected chi connectivity index (χ4v) is 3.40. The summed E-state index contributed by atoms with van der Waals surface area (Å²) in [4.78, 5) is 12.6. The molecule has 1 amide bonds. The van der Waals surface area contributed by atoms with Crippen molar-refractivity contribution >= 4 is 21.6 Å². The summed E-state index contributed by atoms with van der Waals surface area (Å²) in [6.07, 6.45) is 1.68. The Labute approximate surface area is 159 Å². The lowest BCUT2D eigenvalue weighted by Gasteiger charge is -2.10. The van der Waals surface area contributed by atoms with Crippen LogP contribution in [0.1, 0.15) is 30.1 Å². The lowest BCUT2D eigenvalue weighted by atomic mass is 10.2. The van der Waals surface area contributed by atoms with Gasteiger partial charge in [-0.2, -0.15) is 0 Å². The number of amides is 1. The van der Waals surface area contributed by atoms with E-state index in [2.05, 4.69) is 10.0 Å². The van der Waals surface area contributed by atoms with Crippen molar-refractivity contribution in [3.05, 3.63) is 48.0 Å². The number of hydrogen-bond acceptors (Lipinski definition) is 5. The number of sulfonamides is 1.